The Labute approximate surface area is 87.7 Å². The lowest BCUT2D eigenvalue weighted by molar-refractivity contribution is 0.0695. The van der Waals surface area contributed by atoms with E-state index in [1.54, 1.807) is 19.1 Å². The van der Waals surface area contributed by atoms with Crippen LogP contribution in [0, 0.1) is 6.92 Å². The Bertz CT molecular complexity index is 446. The second-order valence-electron chi connectivity index (χ2n) is 3.91. The standard InChI is InChI=1S/C12H12O3/c1-7-5-10-8(3-2-4-11(10)13)6-9(7)12(14)15/h5-6H,2-4H2,1H3,(H,14,15). The molecule has 1 aromatic carbocycles. The molecule has 0 radical (unpaired) electrons. The first kappa shape index (κ1) is 9.90. The monoisotopic (exact) mass is 204 g/mol. The molecule has 3 nitrogen and oxygen atoms in total. The van der Waals surface area contributed by atoms with Gasteiger partial charge in [0.05, 0.1) is 5.56 Å². The van der Waals surface area contributed by atoms with Gasteiger partial charge >= 0.3 is 5.97 Å². The molecule has 15 heavy (non-hydrogen) atoms. The molecule has 0 saturated carbocycles. The molecule has 0 heterocycles. The van der Waals surface area contributed by atoms with Crippen molar-refractivity contribution in [2.24, 2.45) is 0 Å². The zero-order valence-corrected chi connectivity index (χ0v) is 8.54. The smallest absolute Gasteiger partial charge is 0.335 e. The molecular formula is C12H12O3. The molecule has 0 spiro atoms. The first-order chi connectivity index (χ1) is 7.09. The largest absolute Gasteiger partial charge is 0.478 e. The number of fused-ring (bicyclic) bond motifs is 1. The Kier molecular flexibility index (Phi) is 2.31. The normalized spacial score (nSPS) is 14.9. The van der Waals surface area contributed by atoms with E-state index in [0.29, 0.717) is 23.1 Å². The van der Waals surface area contributed by atoms with Crippen molar-refractivity contribution in [3.8, 4) is 0 Å². The van der Waals surface area contributed by atoms with Crippen LogP contribution in [0.5, 0.6) is 0 Å². The van der Waals surface area contributed by atoms with Crippen LogP contribution in [0.1, 0.15) is 44.7 Å². The third-order valence-electron chi connectivity index (χ3n) is 2.83. The molecule has 0 bridgehead atoms. The molecule has 1 aliphatic rings. The van der Waals surface area contributed by atoms with Crippen LogP contribution in [0.4, 0.5) is 0 Å². The van der Waals surface area contributed by atoms with Crippen LogP contribution in [-0.4, -0.2) is 16.9 Å². The van der Waals surface area contributed by atoms with Gasteiger partial charge in [0.2, 0.25) is 0 Å². The van der Waals surface area contributed by atoms with Crippen LogP contribution in [0.15, 0.2) is 12.1 Å². The van der Waals surface area contributed by atoms with E-state index >= 15 is 0 Å². The zero-order valence-electron chi connectivity index (χ0n) is 8.54. The Balaban J connectivity index is 2.59. The highest BCUT2D eigenvalue weighted by atomic mass is 16.4. The van der Waals surface area contributed by atoms with Crippen molar-refractivity contribution < 1.29 is 14.7 Å². The van der Waals surface area contributed by atoms with Crippen LogP contribution >= 0.6 is 0 Å². The van der Waals surface area contributed by atoms with Gasteiger partial charge in [0.15, 0.2) is 5.78 Å². The fourth-order valence-electron chi connectivity index (χ4n) is 2.02. The molecule has 0 saturated heterocycles. The second kappa shape index (κ2) is 3.50. The van der Waals surface area contributed by atoms with Gasteiger partial charge in [-0.25, -0.2) is 4.79 Å². The molecule has 0 unspecified atom stereocenters. The van der Waals surface area contributed by atoms with Crippen molar-refractivity contribution in [1.82, 2.24) is 0 Å². The number of carbonyl (C=O) groups is 2. The maximum Gasteiger partial charge on any atom is 0.335 e. The molecule has 1 N–H and O–H groups in total. The fraction of sp³-hybridized carbons (Fsp3) is 0.333. The molecule has 1 aliphatic carbocycles. The predicted octanol–water partition coefficient (Wildman–Crippen LogP) is 2.21. The van der Waals surface area contributed by atoms with E-state index in [9.17, 15) is 9.59 Å². The number of carboxylic acids is 1. The Morgan fingerprint density at radius 2 is 2.07 bits per heavy atom. The SMILES string of the molecule is Cc1cc2c(cc1C(=O)O)CCCC2=O. The first-order valence-corrected chi connectivity index (χ1v) is 4.99. The summed E-state index contributed by atoms with van der Waals surface area (Å²) < 4.78 is 0. The van der Waals surface area contributed by atoms with Crippen LogP contribution in [0.25, 0.3) is 0 Å². The van der Waals surface area contributed by atoms with Gasteiger partial charge in [-0.2, -0.15) is 0 Å². The van der Waals surface area contributed by atoms with Crippen molar-refractivity contribution in [3.63, 3.8) is 0 Å². The minimum absolute atomic E-state index is 0.135. The number of carboxylic acid groups (broad SMARTS) is 1. The van der Waals surface area contributed by atoms with E-state index in [1.165, 1.54) is 0 Å². The third-order valence-corrected chi connectivity index (χ3v) is 2.83. The minimum atomic E-state index is -0.923. The number of ketones is 1. The molecule has 0 aromatic heterocycles. The highest BCUT2D eigenvalue weighted by Crippen LogP contribution is 2.24. The highest BCUT2D eigenvalue weighted by Gasteiger charge is 2.20. The van der Waals surface area contributed by atoms with E-state index in [0.717, 1.165) is 18.4 Å². The highest BCUT2D eigenvalue weighted by molar-refractivity contribution is 6.00. The van der Waals surface area contributed by atoms with Crippen LogP contribution in [0.2, 0.25) is 0 Å². The number of aryl methyl sites for hydroxylation is 2. The molecule has 0 atom stereocenters. The molecule has 3 heteroatoms. The summed E-state index contributed by atoms with van der Waals surface area (Å²) in [7, 11) is 0. The lowest BCUT2D eigenvalue weighted by Crippen LogP contribution is -2.13. The summed E-state index contributed by atoms with van der Waals surface area (Å²) in [6, 6.07) is 3.35. The summed E-state index contributed by atoms with van der Waals surface area (Å²) in [5.74, 6) is -0.787. The lowest BCUT2D eigenvalue weighted by Gasteiger charge is -2.16. The molecule has 78 valence electrons. The van der Waals surface area contributed by atoms with Gasteiger partial charge in [0, 0.05) is 12.0 Å². The van der Waals surface area contributed by atoms with Crippen molar-refractivity contribution in [3.05, 3.63) is 34.4 Å². The minimum Gasteiger partial charge on any atom is -0.478 e. The van der Waals surface area contributed by atoms with E-state index in [-0.39, 0.29) is 5.78 Å². The summed E-state index contributed by atoms with van der Waals surface area (Å²) in [6.45, 7) is 1.73. The van der Waals surface area contributed by atoms with Crippen LogP contribution < -0.4 is 0 Å². The van der Waals surface area contributed by atoms with Crippen molar-refractivity contribution in [2.45, 2.75) is 26.2 Å². The van der Waals surface area contributed by atoms with E-state index < -0.39 is 5.97 Å². The van der Waals surface area contributed by atoms with E-state index in [2.05, 4.69) is 0 Å². The Hall–Kier alpha value is -1.64. The maximum absolute atomic E-state index is 11.6. The number of carbonyl (C=O) groups excluding carboxylic acids is 1. The second-order valence-corrected chi connectivity index (χ2v) is 3.91. The van der Waals surface area contributed by atoms with Crippen molar-refractivity contribution in [2.75, 3.05) is 0 Å². The number of Topliss-reactive ketones (excluding diaryl/α,β-unsaturated/α-hetero) is 1. The van der Waals surface area contributed by atoms with Crippen molar-refractivity contribution in [1.29, 1.82) is 0 Å². The van der Waals surface area contributed by atoms with Crippen LogP contribution in [-0.2, 0) is 6.42 Å². The number of hydrogen-bond donors (Lipinski definition) is 1. The van der Waals surface area contributed by atoms with E-state index in [1.807, 2.05) is 0 Å². The average molecular weight is 204 g/mol. The van der Waals surface area contributed by atoms with Gasteiger partial charge in [-0.15, -0.1) is 0 Å². The molecular weight excluding hydrogens is 192 g/mol. The summed E-state index contributed by atoms with van der Waals surface area (Å²) in [6.07, 6.45) is 2.22. The quantitative estimate of drug-likeness (QED) is 0.763. The molecule has 2 rings (SSSR count). The molecule has 0 aliphatic heterocycles. The molecule has 0 fully saturated rings. The van der Waals surface area contributed by atoms with Gasteiger partial charge in [-0.3, -0.25) is 4.79 Å². The first-order valence-electron chi connectivity index (χ1n) is 4.99. The summed E-state index contributed by atoms with van der Waals surface area (Å²) in [4.78, 5) is 22.5. The fourth-order valence-corrected chi connectivity index (χ4v) is 2.02. The number of hydrogen-bond acceptors (Lipinski definition) is 2. The van der Waals surface area contributed by atoms with Gasteiger partial charge in [0.1, 0.15) is 0 Å². The van der Waals surface area contributed by atoms with Gasteiger partial charge in [0.25, 0.3) is 0 Å². The number of benzene rings is 1. The van der Waals surface area contributed by atoms with Crippen LogP contribution in [0.3, 0.4) is 0 Å². The molecule has 1 aromatic rings. The van der Waals surface area contributed by atoms with E-state index in [4.69, 9.17) is 5.11 Å². The summed E-state index contributed by atoms with van der Waals surface area (Å²) in [5, 5.41) is 8.95. The third kappa shape index (κ3) is 1.65. The van der Waals surface area contributed by atoms with Crippen molar-refractivity contribution >= 4 is 11.8 Å². The zero-order chi connectivity index (χ0) is 11.0. The lowest BCUT2D eigenvalue weighted by atomic mass is 9.87. The Morgan fingerprint density at radius 1 is 1.33 bits per heavy atom. The molecule has 0 amide bonds. The predicted molar refractivity (Wildman–Crippen MR) is 55.4 cm³/mol. The average Bonchev–Trinajstić information content (AvgIpc) is 2.18. The summed E-state index contributed by atoms with van der Waals surface area (Å²) >= 11 is 0. The number of aromatic carboxylic acids is 1. The maximum atomic E-state index is 11.6. The van der Waals surface area contributed by atoms with Gasteiger partial charge in [-0.1, -0.05) is 0 Å². The summed E-state index contributed by atoms with van der Waals surface area (Å²) in [5.41, 5.74) is 2.57. The number of rotatable bonds is 1. The van der Waals surface area contributed by atoms with Gasteiger partial charge < -0.3 is 5.11 Å². The topological polar surface area (TPSA) is 54.4 Å². The Morgan fingerprint density at radius 3 is 2.73 bits per heavy atom. The van der Waals surface area contributed by atoms with Gasteiger partial charge in [-0.05, 0) is 43.0 Å².